The van der Waals surface area contributed by atoms with Crippen LogP contribution in [0.1, 0.15) is 16.1 Å². The average Bonchev–Trinajstić information content (AvgIpc) is 2.71. The van der Waals surface area contributed by atoms with Gasteiger partial charge in [-0.1, -0.05) is 0 Å². The van der Waals surface area contributed by atoms with Crippen molar-refractivity contribution in [2.75, 3.05) is 0 Å². The maximum absolute atomic E-state index is 10.4. The van der Waals surface area contributed by atoms with E-state index < -0.39 is 0 Å². The minimum Gasteiger partial charge on any atom is -0.461 e. The number of aldehydes is 1. The number of nitrogens with one attached hydrogen (secondary N) is 1. The van der Waals surface area contributed by atoms with Crippen molar-refractivity contribution in [3.63, 3.8) is 0 Å². The minimum atomic E-state index is 0.450. The molecule has 0 amide bonds. The second-order valence-corrected chi connectivity index (χ2v) is 2.74. The first-order chi connectivity index (χ1) is 6.31. The Kier molecular flexibility index (Phi) is 1.73. The third kappa shape index (κ3) is 1.26. The lowest BCUT2D eigenvalue weighted by atomic mass is 10.3. The molecule has 4 heteroatoms. The first-order valence-electron chi connectivity index (χ1n) is 3.86. The van der Waals surface area contributed by atoms with Gasteiger partial charge in [-0.3, -0.25) is 4.79 Å². The SMILES string of the molecule is Cc1ccoc1-c1ncc(C=O)[nH]1. The lowest BCUT2D eigenvalue weighted by Crippen LogP contribution is -1.81. The van der Waals surface area contributed by atoms with E-state index in [1.165, 1.54) is 6.20 Å². The Morgan fingerprint density at radius 3 is 3.00 bits per heavy atom. The second kappa shape index (κ2) is 2.90. The van der Waals surface area contributed by atoms with Crippen LogP contribution in [0.25, 0.3) is 11.6 Å². The Bertz CT molecular complexity index is 428. The topological polar surface area (TPSA) is 58.9 Å². The summed E-state index contributed by atoms with van der Waals surface area (Å²) >= 11 is 0. The number of aryl methyl sites for hydroxylation is 1. The molecule has 2 aromatic heterocycles. The van der Waals surface area contributed by atoms with Gasteiger partial charge in [0.1, 0.15) is 0 Å². The molecule has 0 atom stereocenters. The number of H-pyrrole nitrogens is 1. The van der Waals surface area contributed by atoms with Gasteiger partial charge in [0.25, 0.3) is 0 Å². The fourth-order valence-corrected chi connectivity index (χ4v) is 1.13. The molecule has 0 unspecified atom stereocenters. The van der Waals surface area contributed by atoms with Gasteiger partial charge in [0, 0.05) is 0 Å². The van der Waals surface area contributed by atoms with Crippen LogP contribution in [0.5, 0.6) is 0 Å². The van der Waals surface area contributed by atoms with E-state index in [-0.39, 0.29) is 0 Å². The second-order valence-electron chi connectivity index (χ2n) is 2.74. The third-order valence-corrected chi connectivity index (χ3v) is 1.80. The highest BCUT2D eigenvalue weighted by Gasteiger charge is 2.08. The number of nitrogens with zero attached hydrogens (tertiary/aromatic N) is 1. The van der Waals surface area contributed by atoms with Crippen LogP contribution < -0.4 is 0 Å². The van der Waals surface area contributed by atoms with Crippen molar-refractivity contribution in [2.24, 2.45) is 0 Å². The van der Waals surface area contributed by atoms with Crippen molar-refractivity contribution < 1.29 is 9.21 Å². The minimum absolute atomic E-state index is 0.450. The van der Waals surface area contributed by atoms with Crippen molar-refractivity contribution in [3.8, 4) is 11.6 Å². The van der Waals surface area contributed by atoms with Crippen LogP contribution in [0.4, 0.5) is 0 Å². The number of hydrogen-bond donors (Lipinski definition) is 1. The molecule has 13 heavy (non-hydrogen) atoms. The van der Waals surface area contributed by atoms with E-state index in [9.17, 15) is 4.79 Å². The summed E-state index contributed by atoms with van der Waals surface area (Å²) < 4.78 is 5.20. The molecule has 0 aliphatic heterocycles. The third-order valence-electron chi connectivity index (χ3n) is 1.80. The molecule has 0 aliphatic carbocycles. The number of carbonyl (C=O) groups is 1. The first kappa shape index (κ1) is 7.79. The van der Waals surface area contributed by atoms with Gasteiger partial charge in [-0.25, -0.2) is 4.98 Å². The maximum Gasteiger partial charge on any atom is 0.174 e. The zero-order chi connectivity index (χ0) is 9.26. The smallest absolute Gasteiger partial charge is 0.174 e. The highest BCUT2D eigenvalue weighted by Crippen LogP contribution is 2.20. The number of furan rings is 1. The lowest BCUT2D eigenvalue weighted by Gasteiger charge is -1.90. The molecule has 2 heterocycles. The van der Waals surface area contributed by atoms with Gasteiger partial charge in [0.2, 0.25) is 0 Å². The van der Waals surface area contributed by atoms with Crippen LogP contribution in [-0.4, -0.2) is 16.3 Å². The lowest BCUT2D eigenvalue weighted by molar-refractivity contribution is 0.111. The van der Waals surface area contributed by atoms with Crippen LogP contribution in [0.3, 0.4) is 0 Å². The molecular formula is C9H8N2O2. The molecule has 0 aliphatic rings. The zero-order valence-electron chi connectivity index (χ0n) is 7.07. The van der Waals surface area contributed by atoms with Gasteiger partial charge in [0.15, 0.2) is 17.9 Å². The van der Waals surface area contributed by atoms with Gasteiger partial charge >= 0.3 is 0 Å². The largest absolute Gasteiger partial charge is 0.461 e. The van der Waals surface area contributed by atoms with Crippen molar-refractivity contribution >= 4 is 6.29 Å². The van der Waals surface area contributed by atoms with E-state index >= 15 is 0 Å². The van der Waals surface area contributed by atoms with Crippen molar-refractivity contribution in [1.29, 1.82) is 0 Å². The predicted molar refractivity (Wildman–Crippen MR) is 46.4 cm³/mol. The highest BCUT2D eigenvalue weighted by molar-refractivity contribution is 5.72. The van der Waals surface area contributed by atoms with E-state index in [1.807, 2.05) is 13.0 Å². The standard InChI is InChI=1S/C9H8N2O2/c1-6-2-3-13-8(6)9-10-4-7(5-12)11-9/h2-5H,1H3,(H,10,11). The van der Waals surface area contributed by atoms with E-state index in [1.54, 1.807) is 6.26 Å². The number of hydrogen-bond acceptors (Lipinski definition) is 3. The average molecular weight is 176 g/mol. The molecule has 4 nitrogen and oxygen atoms in total. The summed E-state index contributed by atoms with van der Waals surface area (Å²) in [6.07, 6.45) is 3.78. The van der Waals surface area contributed by atoms with Crippen LogP contribution in [0.2, 0.25) is 0 Å². The number of aromatic amines is 1. The first-order valence-corrected chi connectivity index (χ1v) is 3.86. The Labute approximate surface area is 74.6 Å². The van der Waals surface area contributed by atoms with E-state index in [4.69, 9.17) is 4.42 Å². The number of imidazole rings is 1. The fourth-order valence-electron chi connectivity index (χ4n) is 1.13. The molecule has 2 rings (SSSR count). The molecule has 0 bridgehead atoms. The molecule has 0 spiro atoms. The van der Waals surface area contributed by atoms with Crippen LogP contribution >= 0.6 is 0 Å². The number of rotatable bonds is 2. The fraction of sp³-hybridized carbons (Fsp3) is 0.111. The van der Waals surface area contributed by atoms with E-state index in [0.717, 1.165) is 11.8 Å². The Balaban J connectivity index is 2.46. The quantitative estimate of drug-likeness (QED) is 0.709. The number of aromatic nitrogens is 2. The van der Waals surface area contributed by atoms with Crippen LogP contribution in [0, 0.1) is 6.92 Å². The summed E-state index contributed by atoms with van der Waals surface area (Å²) in [5.41, 5.74) is 1.44. The van der Waals surface area contributed by atoms with Crippen molar-refractivity contribution in [2.45, 2.75) is 6.92 Å². The van der Waals surface area contributed by atoms with Gasteiger partial charge < -0.3 is 9.40 Å². The van der Waals surface area contributed by atoms with Gasteiger partial charge in [0.05, 0.1) is 18.2 Å². The number of carbonyl (C=O) groups excluding carboxylic acids is 1. The van der Waals surface area contributed by atoms with Crippen LogP contribution in [-0.2, 0) is 0 Å². The zero-order valence-corrected chi connectivity index (χ0v) is 7.07. The molecule has 0 saturated carbocycles. The monoisotopic (exact) mass is 176 g/mol. The molecule has 0 radical (unpaired) electrons. The summed E-state index contributed by atoms with van der Waals surface area (Å²) in [4.78, 5) is 17.2. The predicted octanol–water partition coefficient (Wildman–Crippen LogP) is 1.79. The maximum atomic E-state index is 10.4. The molecule has 0 aromatic carbocycles. The van der Waals surface area contributed by atoms with Crippen molar-refractivity contribution in [3.05, 3.63) is 29.8 Å². The molecule has 66 valence electrons. The summed E-state index contributed by atoms with van der Waals surface area (Å²) in [6, 6.07) is 1.85. The summed E-state index contributed by atoms with van der Waals surface area (Å²) in [5.74, 6) is 1.26. The molecular weight excluding hydrogens is 168 g/mol. The van der Waals surface area contributed by atoms with Gasteiger partial charge in [-0.2, -0.15) is 0 Å². The van der Waals surface area contributed by atoms with Crippen LogP contribution in [0.15, 0.2) is 22.9 Å². The molecule has 1 N–H and O–H groups in total. The molecule has 0 saturated heterocycles. The molecule has 0 fully saturated rings. The van der Waals surface area contributed by atoms with E-state index in [0.29, 0.717) is 17.3 Å². The summed E-state index contributed by atoms with van der Waals surface area (Å²) in [7, 11) is 0. The van der Waals surface area contributed by atoms with E-state index in [2.05, 4.69) is 9.97 Å². The van der Waals surface area contributed by atoms with Gasteiger partial charge in [-0.15, -0.1) is 0 Å². The summed E-state index contributed by atoms with van der Waals surface area (Å²) in [5, 5.41) is 0. The Morgan fingerprint density at radius 2 is 2.46 bits per heavy atom. The highest BCUT2D eigenvalue weighted by atomic mass is 16.3. The Hall–Kier alpha value is -1.84. The van der Waals surface area contributed by atoms with Crippen molar-refractivity contribution in [1.82, 2.24) is 9.97 Å². The normalized spacial score (nSPS) is 10.2. The van der Waals surface area contributed by atoms with Gasteiger partial charge in [-0.05, 0) is 18.6 Å². The summed E-state index contributed by atoms with van der Waals surface area (Å²) in [6.45, 7) is 1.92. The Morgan fingerprint density at radius 1 is 1.62 bits per heavy atom. The molecule has 2 aromatic rings.